The Labute approximate surface area is 171 Å². The molecular weight excluding hydrogens is 463 g/mol. The van der Waals surface area contributed by atoms with E-state index >= 15 is 0 Å². The van der Waals surface area contributed by atoms with Crippen LogP contribution in [0.15, 0.2) is 41.6 Å². The van der Waals surface area contributed by atoms with Gasteiger partial charge in [-0.05, 0) is 53.6 Å². The van der Waals surface area contributed by atoms with E-state index in [0.717, 1.165) is 15.6 Å². The summed E-state index contributed by atoms with van der Waals surface area (Å²) in [7, 11) is 1.59. The normalized spacial score (nSPS) is 12.0. The van der Waals surface area contributed by atoms with Gasteiger partial charge in [0.2, 0.25) is 0 Å². The number of hydrogen-bond donors (Lipinski definition) is 0. The molecule has 0 amide bonds. The van der Waals surface area contributed by atoms with Gasteiger partial charge < -0.3 is 14.3 Å². The fourth-order valence-corrected chi connectivity index (χ4v) is 2.94. The van der Waals surface area contributed by atoms with Crippen molar-refractivity contribution in [2.75, 3.05) is 7.11 Å². The summed E-state index contributed by atoms with van der Waals surface area (Å²) in [6, 6.07) is 9.99. The molecule has 0 aliphatic heterocycles. The molecule has 2 aromatic rings. The maximum absolute atomic E-state index is 10.8. The lowest BCUT2D eigenvalue weighted by Crippen LogP contribution is -2.11. The van der Waals surface area contributed by atoms with E-state index in [4.69, 9.17) is 14.3 Å². The number of hydrogen-bond acceptors (Lipinski definition) is 6. The predicted molar refractivity (Wildman–Crippen MR) is 112 cm³/mol. The Kier molecular flexibility index (Phi) is 7.83. The summed E-state index contributed by atoms with van der Waals surface area (Å²) >= 11 is 2.19. The van der Waals surface area contributed by atoms with Crippen LogP contribution in [0.5, 0.6) is 11.5 Å². The molecule has 144 valence electrons. The van der Waals surface area contributed by atoms with Gasteiger partial charge in [0, 0.05) is 17.7 Å². The number of benzene rings is 2. The molecule has 2 aromatic carbocycles. The standard InChI is InChI=1S/C19H21IN2O5/c1-4-13(2)27-19-17(20)9-15(10-18(19)25-3)11-21-26-12-14-6-5-7-16(8-14)22(23)24/h5-11,13H,4,12H2,1-3H3/b21-11-/t13-/m1/s1. The van der Waals surface area contributed by atoms with Crippen molar-refractivity contribution >= 4 is 34.5 Å². The van der Waals surface area contributed by atoms with Crippen molar-refractivity contribution in [2.45, 2.75) is 33.0 Å². The van der Waals surface area contributed by atoms with E-state index in [-0.39, 0.29) is 18.4 Å². The molecule has 0 N–H and O–H groups in total. The highest BCUT2D eigenvalue weighted by molar-refractivity contribution is 14.1. The van der Waals surface area contributed by atoms with Crippen LogP contribution in [-0.4, -0.2) is 24.4 Å². The SMILES string of the molecule is CC[C@@H](C)Oc1c(I)cc(/C=N\OCc2cccc([N+](=O)[O-])c2)cc1OC. The zero-order valence-electron chi connectivity index (χ0n) is 15.3. The van der Waals surface area contributed by atoms with E-state index in [0.29, 0.717) is 17.1 Å². The number of oxime groups is 1. The lowest BCUT2D eigenvalue weighted by molar-refractivity contribution is -0.384. The first kappa shape index (κ1) is 20.9. The van der Waals surface area contributed by atoms with Crippen molar-refractivity contribution in [3.63, 3.8) is 0 Å². The summed E-state index contributed by atoms with van der Waals surface area (Å²) in [6.45, 7) is 4.21. The Hall–Kier alpha value is -2.36. The van der Waals surface area contributed by atoms with Crippen LogP contribution in [-0.2, 0) is 11.4 Å². The van der Waals surface area contributed by atoms with Crippen LogP contribution in [0.25, 0.3) is 0 Å². The van der Waals surface area contributed by atoms with Crippen LogP contribution in [0.3, 0.4) is 0 Å². The predicted octanol–water partition coefficient (Wildman–Crippen LogP) is 4.94. The van der Waals surface area contributed by atoms with Crippen LogP contribution < -0.4 is 9.47 Å². The van der Waals surface area contributed by atoms with Crippen LogP contribution >= 0.6 is 22.6 Å². The van der Waals surface area contributed by atoms with Gasteiger partial charge in [-0.1, -0.05) is 24.2 Å². The van der Waals surface area contributed by atoms with Crippen molar-refractivity contribution in [3.8, 4) is 11.5 Å². The van der Waals surface area contributed by atoms with Crippen molar-refractivity contribution in [2.24, 2.45) is 5.16 Å². The largest absolute Gasteiger partial charge is 0.493 e. The molecule has 0 unspecified atom stereocenters. The lowest BCUT2D eigenvalue weighted by Gasteiger charge is -2.17. The average molecular weight is 484 g/mol. The van der Waals surface area contributed by atoms with Gasteiger partial charge in [-0.25, -0.2) is 0 Å². The topological polar surface area (TPSA) is 83.2 Å². The van der Waals surface area contributed by atoms with Crippen LogP contribution in [0.4, 0.5) is 5.69 Å². The van der Waals surface area contributed by atoms with Gasteiger partial charge in [0.25, 0.3) is 5.69 Å². The highest BCUT2D eigenvalue weighted by Crippen LogP contribution is 2.34. The molecule has 27 heavy (non-hydrogen) atoms. The summed E-state index contributed by atoms with van der Waals surface area (Å²) in [4.78, 5) is 15.6. The Morgan fingerprint density at radius 1 is 1.33 bits per heavy atom. The molecule has 0 radical (unpaired) electrons. The number of nitro benzene ring substituents is 1. The zero-order chi connectivity index (χ0) is 19.8. The molecule has 2 rings (SSSR count). The summed E-state index contributed by atoms with van der Waals surface area (Å²) in [6.07, 6.45) is 2.55. The summed E-state index contributed by atoms with van der Waals surface area (Å²) < 4.78 is 12.3. The lowest BCUT2D eigenvalue weighted by atomic mass is 10.2. The Morgan fingerprint density at radius 3 is 2.78 bits per heavy atom. The highest BCUT2D eigenvalue weighted by Gasteiger charge is 2.13. The molecule has 0 saturated heterocycles. The third-order valence-electron chi connectivity index (χ3n) is 3.77. The van der Waals surface area contributed by atoms with Gasteiger partial charge in [0.15, 0.2) is 11.5 Å². The smallest absolute Gasteiger partial charge is 0.269 e. The van der Waals surface area contributed by atoms with E-state index in [1.54, 1.807) is 25.5 Å². The number of rotatable bonds is 9. The third kappa shape index (κ3) is 6.09. The van der Waals surface area contributed by atoms with Gasteiger partial charge >= 0.3 is 0 Å². The molecule has 7 nitrogen and oxygen atoms in total. The molecule has 0 aliphatic rings. The van der Waals surface area contributed by atoms with Crippen molar-refractivity contribution in [1.29, 1.82) is 0 Å². The van der Waals surface area contributed by atoms with E-state index in [2.05, 4.69) is 34.7 Å². The van der Waals surface area contributed by atoms with E-state index in [9.17, 15) is 10.1 Å². The highest BCUT2D eigenvalue weighted by atomic mass is 127. The molecule has 0 spiro atoms. The molecule has 8 heteroatoms. The molecule has 0 aliphatic carbocycles. The first-order chi connectivity index (χ1) is 12.9. The molecule has 0 heterocycles. The maximum atomic E-state index is 10.8. The van der Waals surface area contributed by atoms with Gasteiger partial charge in [-0.3, -0.25) is 10.1 Å². The number of nitrogens with zero attached hydrogens (tertiary/aromatic N) is 2. The second kappa shape index (κ2) is 10.1. The minimum atomic E-state index is -0.440. The maximum Gasteiger partial charge on any atom is 0.269 e. The summed E-state index contributed by atoms with van der Waals surface area (Å²) in [5.74, 6) is 1.34. The Morgan fingerprint density at radius 2 is 2.11 bits per heavy atom. The monoisotopic (exact) mass is 484 g/mol. The van der Waals surface area contributed by atoms with Gasteiger partial charge in [0.1, 0.15) is 6.61 Å². The van der Waals surface area contributed by atoms with Crippen LogP contribution in [0, 0.1) is 13.7 Å². The first-order valence-corrected chi connectivity index (χ1v) is 9.45. The minimum Gasteiger partial charge on any atom is -0.493 e. The Bertz CT molecular complexity index is 826. The fourth-order valence-electron chi connectivity index (χ4n) is 2.18. The zero-order valence-corrected chi connectivity index (χ0v) is 17.5. The van der Waals surface area contributed by atoms with Crippen molar-refractivity contribution < 1.29 is 19.2 Å². The number of nitro groups is 1. The minimum absolute atomic E-state index is 0.0243. The molecule has 0 fully saturated rings. The van der Waals surface area contributed by atoms with E-state index in [1.807, 2.05) is 19.1 Å². The van der Waals surface area contributed by atoms with Gasteiger partial charge in [0.05, 0.1) is 27.9 Å². The van der Waals surface area contributed by atoms with Gasteiger partial charge in [-0.15, -0.1) is 0 Å². The molecule has 0 aromatic heterocycles. The van der Waals surface area contributed by atoms with E-state index in [1.165, 1.54) is 12.1 Å². The molecular formula is C19H21IN2O5. The quantitative estimate of drug-likeness (QED) is 0.218. The summed E-state index contributed by atoms with van der Waals surface area (Å²) in [5.41, 5.74) is 1.49. The second-order valence-corrected chi connectivity index (χ2v) is 6.97. The Balaban J connectivity index is 2.05. The van der Waals surface area contributed by atoms with Crippen molar-refractivity contribution in [3.05, 3.63) is 61.2 Å². The fraction of sp³-hybridized carbons (Fsp3) is 0.316. The van der Waals surface area contributed by atoms with Crippen molar-refractivity contribution in [1.82, 2.24) is 0 Å². The first-order valence-electron chi connectivity index (χ1n) is 8.37. The number of non-ortho nitro benzene ring substituents is 1. The number of halogens is 1. The van der Waals surface area contributed by atoms with Crippen LogP contribution in [0.2, 0.25) is 0 Å². The number of methoxy groups -OCH3 is 1. The van der Waals surface area contributed by atoms with Crippen LogP contribution in [0.1, 0.15) is 31.4 Å². The van der Waals surface area contributed by atoms with Gasteiger partial charge in [-0.2, -0.15) is 0 Å². The molecule has 1 atom stereocenters. The third-order valence-corrected chi connectivity index (χ3v) is 4.58. The van der Waals surface area contributed by atoms with E-state index < -0.39 is 4.92 Å². The average Bonchev–Trinajstić information content (AvgIpc) is 2.66. The molecule has 0 bridgehead atoms. The second-order valence-electron chi connectivity index (χ2n) is 5.81. The number of ether oxygens (including phenoxy) is 2. The molecule has 0 saturated carbocycles. The summed E-state index contributed by atoms with van der Waals surface area (Å²) in [5, 5.41) is 14.7.